The Kier molecular flexibility index (Phi) is 3.38. The molecule has 1 rings (SSSR count). The standard InChI is InChI=1S/C8H10BF3NO/c1-14-8-6-7(3-5-13-8)2-4-9(10,11)12/h3,5-6H,2,4H2,1H3/q-1. The van der Waals surface area contributed by atoms with Crippen molar-refractivity contribution >= 4 is 6.98 Å². The summed E-state index contributed by atoms with van der Waals surface area (Å²) in [6.07, 6.45) is 0.674. The highest BCUT2D eigenvalue weighted by atomic mass is 19.4. The summed E-state index contributed by atoms with van der Waals surface area (Å²) < 4.78 is 40.6. The predicted octanol–water partition coefficient (Wildman–Crippen LogP) is 2.48. The van der Waals surface area contributed by atoms with Gasteiger partial charge in [0.1, 0.15) is 0 Å². The second-order valence-electron chi connectivity index (χ2n) is 2.96. The molecule has 0 aromatic carbocycles. The van der Waals surface area contributed by atoms with Crippen molar-refractivity contribution in [1.82, 2.24) is 4.98 Å². The third-order valence-electron chi connectivity index (χ3n) is 1.77. The van der Waals surface area contributed by atoms with Gasteiger partial charge in [-0.05, 0) is 11.6 Å². The van der Waals surface area contributed by atoms with Crippen LogP contribution in [0, 0.1) is 0 Å². The zero-order chi connectivity index (χ0) is 10.6. The number of rotatable bonds is 4. The first-order valence-electron chi connectivity index (χ1n) is 4.21. The number of ether oxygens (including phenoxy) is 1. The fourth-order valence-corrected chi connectivity index (χ4v) is 1.05. The molecule has 6 heteroatoms. The molecule has 0 radical (unpaired) electrons. The summed E-state index contributed by atoms with van der Waals surface area (Å²) in [7, 11) is 1.43. The SMILES string of the molecule is COc1cc(CC[B-](F)(F)F)ccn1. The van der Waals surface area contributed by atoms with Crippen molar-refractivity contribution in [2.24, 2.45) is 0 Å². The first-order chi connectivity index (χ1) is 6.51. The highest BCUT2D eigenvalue weighted by Crippen LogP contribution is 2.19. The Hall–Kier alpha value is -1.20. The fraction of sp³-hybridized carbons (Fsp3) is 0.375. The second kappa shape index (κ2) is 4.35. The van der Waals surface area contributed by atoms with Gasteiger partial charge in [0.2, 0.25) is 5.88 Å². The first kappa shape index (κ1) is 10.9. The third kappa shape index (κ3) is 3.68. The maximum atomic E-state index is 11.9. The van der Waals surface area contributed by atoms with Crippen LogP contribution in [-0.2, 0) is 6.42 Å². The lowest BCUT2D eigenvalue weighted by atomic mass is 9.83. The summed E-state index contributed by atoms with van der Waals surface area (Å²) in [4.78, 5) is 3.80. The molecule has 0 saturated carbocycles. The van der Waals surface area contributed by atoms with Gasteiger partial charge in [0.15, 0.2) is 0 Å². The van der Waals surface area contributed by atoms with Gasteiger partial charge in [-0.2, -0.15) is 0 Å². The zero-order valence-corrected chi connectivity index (χ0v) is 7.71. The Morgan fingerprint density at radius 2 is 2.14 bits per heavy atom. The van der Waals surface area contributed by atoms with E-state index in [0.717, 1.165) is 0 Å². The molecule has 1 aromatic rings. The van der Waals surface area contributed by atoms with Gasteiger partial charge in [0.05, 0.1) is 7.11 Å². The van der Waals surface area contributed by atoms with Crippen molar-refractivity contribution in [2.75, 3.05) is 7.11 Å². The maximum absolute atomic E-state index is 11.9. The molecule has 0 N–H and O–H groups in total. The van der Waals surface area contributed by atoms with Crippen molar-refractivity contribution in [1.29, 1.82) is 0 Å². The summed E-state index contributed by atoms with van der Waals surface area (Å²) in [5.74, 6) is 0.345. The molecule has 78 valence electrons. The lowest BCUT2D eigenvalue weighted by molar-refractivity contribution is 0.397. The number of aryl methyl sites for hydroxylation is 1. The molecule has 0 aliphatic heterocycles. The number of hydrogen-bond acceptors (Lipinski definition) is 2. The molecular weight excluding hydrogens is 194 g/mol. The Labute approximate surface area is 80.2 Å². The van der Waals surface area contributed by atoms with Crippen LogP contribution in [0.2, 0.25) is 6.32 Å². The number of methoxy groups -OCH3 is 1. The van der Waals surface area contributed by atoms with E-state index >= 15 is 0 Å². The van der Waals surface area contributed by atoms with Crippen LogP contribution < -0.4 is 4.74 Å². The molecule has 2 nitrogen and oxygen atoms in total. The van der Waals surface area contributed by atoms with Crippen LogP contribution in [0.3, 0.4) is 0 Å². The van der Waals surface area contributed by atoms with Gasteiger partial charge in [-0.15, -0.1) is 0 Å². The van der Waals surface area contributed by atoms with E-state index in [2.05, 4.69) is 4.98 Å². The van der Waals surface area contributed by atoms with Crippen LogP contribution in [0.1, 0.15) is 5.56 Å². The molecule has 0 fully saturated rings. The van der Waals surface area contributed by atoms with E-state index < -0.39 is 13.3 Å². The smallest absolute Gasteiger partial charge is 0.478 e. The number of hydrogen-bond donors (Lipinski definition) is 0. The van der Waals surface area contributed by atoms with Gasteiger partial charge >= 0.3 is 6.98 Å². The van der Waals surface area contributed by atoms with Crippen molar-refractivity contribution in [3.05, 3.63) is 23.9 Å². The molecule has 1 aromatic heterocycles. The Bertz CT molecular complexity index is 303. The van der Waals surface area contributed by atoms with Crippen molar-refractivity contribution in [3.63, 3.8) is 0 Å². The highest BCUT2D eigenvalue weighted by Gasteiger charge is 2.21. The number of pyridine rings is 1. The molecule has 0 saturated heterocycles. The lowest BCUT2D eigenvalue weighted by Gasteiger charge is -2.12. The average Bonchev–Trinajstić information content (AvgIpc) is 2.14. The highest BCUT2D eigenvalue weighted by molar-refractivity contribution is 6.58. The lowest BCUT2D eigenvalue weighted by Crippen LogP contribution is -2.15. The Morgan fingerprint density at radius 3 is 2.71 bits per heavy atom. The number of halogens is 3. The van der Waals surface area contributed by atoms with Gasteiger partial charge in [-0.1, -0.05) is 12.7 Å². The normalized spacial score (nSPS) is 11.4. The minimum Gasteiger partial charge on any atom is -0.481 e. The van der Waals surface area contributed by atoms with Crippen LogP contribution in [0.15, 0.2) is 18.3 Å². The molecule has 0 atom stereocenters. The fourth-order valence-electron chi connectivity index (χ4n) is 1.05. The van der Waals surface area contributed by atoms with E-state index in [9.17, 15) is 12.9 Å². The van der Waals surface area contributed by atoms with Crippen LogP contribution in [0.25, 0.3) is 0 Å². The van der Waals surface area contributed by atoms with Crippen LogP contribution in [-0.4, -0.2) is 19.1 Å². The van der Waals surface area contributed by atoms with E-state index in [4.69, 9.17) is 4.74 Å². The second-order valence-corrected chi connectivity index (χ2v) is 2.96. The van der Waals surface area contributed by atoms with E-state index in [1.807, 2.05) is 0 Å². The first-order valence-corrected chi connectivity index (χ1v) is 4.21. The van der Waals surface area contributed by atoms with Crippen LogP contribution >= 0.6 is 0 Å². The van der Waals surface area contributed by atoms with Gasteiger partial charge in [-0.3, -0.25) is 0 Å². The monoisotopic (exact) mass is 204 g/mol. The van der Waals surface area contributed by atoms with Crippen molar-refractivity contribution in [2.45, 2.75) is 12.7 Å². The molecule has 1 heterocycles. The summed E-state index contributed by atoms with van der Waals surface area (Å²) >= 11 is 0. The Balaban J connectivity index is 2.59. The zero-order valence-electron chi connectivity index (χ0n) is 7.71. The number of aromatic nitrogens is 1. The molecule has 0 spiro atoms. The minimum absolute atomic E-state index is 0.0115. The van der Waals surface area contributed by atoms with Crippen LogP contribution in [0.4, 0.5) is 12.9 Å². The Morgan fingerprint density at radius 1 is 1.43 bits per heavy atom. The molecule has 0 bridgehead atoms. The van der Waals surface area contributed by atoms with E-state index in [1.165, 1.54) is 19.4 Å². The largest absolute Gasteiger partial charge is 0.481 e. The number of nitrogens with zero attached hydrogens (tertiary/aromatic N) is 1. The third-order valence-corrected chi connectivity index (χ3v) is 1.77. The summed E-state index contributed by atoms with van der Waals surface area (Å²) in [5, 5.41) is 0. The van der Waals surface area contributed by atoms with E-state index in [-0.39, 0.29) is 6.42 Å². The molecule has 0 aliphatic rings. The molecular formula is C8H10BF3NO-. The average molecular weight is 204 g/mol. The summed E-state index contributed by atoms with van der Waals surface area (Å²) in [6, 6.07) is 3.08. The van der Waals surface area contributed by atoms with Crippen molar-refractivity contribution in [3.8, 4) is 5.88 Å². The quantitative estimate of drug-likeness (QED) is 0.702. The molecule has 0 amide bonds. The van der Waals surface area contributed by atoms with Gasteiger partial charge in [0, 0.05) is 12.3 Å². The summed E-state index contributed by atoms with van der Waals surface area (Å²) in [5.41, 5.74) is 0.594. The van der Waals surface area contributed by atoms with E-state index in [1.54, 1.807) is 6.07 Å². The topological polar surface area (TPSA) is 22.1 Å². The minimum atomic E-state index is -4.71. The van der Waals surface area contributed by atoms with Gasteiger partial charge in [0.25, 0.3) is 0 Å². The van der Waals surface area contributed by atoms with Gasteiger partial charge in [-0.25, -0.2) is 4.98 Å². The summed E-state index contributed by atoms with van der Waals surface area (Å²) in [6.45, 7) is -4.71. The van der Waals surface area contributed by atoms with E-state index in [0.29, 0.717) is 11.4 Å². The molecule has 0 unspecified atom stereocenters. The maximum Gasteiger partial charge on any atom is 0.478 e. The molecule has 14 heavy (non-hydrogen) atoms. The van der Waals surface area contributed by atoms with Crippen molar-refractivity contribution < 1.29 is 17.7 Å². The molecule has 0 aliphatic carbocycles. The predicted molar refractivity (Wildman–Crippen MR) is 48.4 cm³/mol. The van der Waals surface area contributed by atoms with Crippen LogP contribution in [0.5, 0.6) is 5.88 Å². The van der Waals surface area contributed by atoms with Gasteiger partial charge < -0.3 is 17.7 Å².